The van der Waals surface area contributed by atoms with Crippen LogP contribution in [-0.4, -0.2) is 31.2 Å². The fraction of sp³-hybridized carbons (Fsp3) is 0.944. The Morgan fingerprint density at radius 1 is 0.952 bits per heavy atom. The van der Waals surface area contributed by atoms with E-state index in [9.17, 15) is 5.11 Å². The van der Waals surface area contributed by atoms with E-state index < -0.39 is 20.0 Å². The van der Waals surface area contributed by atoms with Crippen LogP contribution in [-0.2, 0) is 4.43 Å². The lowest BCUT2D eigenvalue weighted by atomic mass is 9.43. The van der Waals surface area contributed by atoms with Gasteiger partial charge in [0.2, 0.25) is 0 Å². The van der Waals surface area contributed by atoms with Crippen molar-refractivity contribution in [2.45, 2.75) is 176 Å². The van der Waals surface area contributed by atoms with Crippen molar-refractivity contribution in [2.24, 2.45) is 44.5 Å². The zero-order valence-electron chi connectivity index (χ0n) is 29.7. The average Bonchev–Trinajstić information content (AvgIpc) is 3.14. The Morgan fingerprint density at radius 2 is 1.60 bits per heavy atom. The van der Waals surface area contributed by atoms with Gasteiger partial charge in [-0.3, -0.25) is 0 Å². The average molecular weight is 600 g/mol. The molecule has 2 saturated carbocycles. The van der Waals surface area contributed by atoms with E-state index in [0.717, 1.165) is 6.42 Å². The van der Waals surface area contributed by atoms with Crippen LogP contribution in [0.5, 0.6) is 0 Å². The van der Waals surface area contributed by atoms with Gasteiger partial charge in [-0.25, -0.2) is 0 Å². The van der Waals surface area contributed by atoms with Gasteiger partial charge in [0.05, 0.1) is 17.7 Å². The van der Waals surface area contributed by atoms with Crippen molar-refractivity contribution in [3.05, 3.63) is 21.6 Å². The van der Waals surface area contributed by atoms with E-state index in [1.807, 2.05) is 25.0 Å². The summed E-state index contributed by atoms with van der Waals surface area (Å²) in [7, 11) is -1.83. The molecule has 0 radical (unpaired) electrons. The Hall–Kier alpha value is -0.813. The summed E-state index contributed by atoms with van der Waals surface area (Å²) in [5, 5.41) is 14.9. The molecule has 8 atom stereocenters. The lowest BCUT2D eigenvalue weighted by Gasteiger charge is -2.63. The summed E-state index contributed by atoms with van der Waals surface area (Å²) in [4.78, 5) is 2.97. The normalized spacial score (nSPS) is 38.2. The molecular weight excluding hydrogens is 535 g/mol. The molecule has 0 aliphatic heterocycles. The monoisotopic (exact) mass is 599 g/mol. The lowest BCUT2D eigenvalue weighted by molar-refractivity contribution is -0.0902. The number of nitrogens with zero attached hydrogens (tertiary/aromatic N) is 3. The first-order valence-electron chi connectivity index (χ1n) is 17.2. The highest BCUT2D eigenvalue weighted by molar-refractivity contribution is 6.74. The highest BCUT2D eigenvalue weighted by Gasteiger charge is 2.63. The smallest absolute Gasteiger partial charge is 0.192 e. The van der Waals surface area contributed by atoms with Gasteiger partial charge in [-0.2, -0.15) is 0 Å². The molecule has 6 heteroatoms. The number of allylic oxidation sites excluding steroid dienone is 2. The standard InChI is InChI=1S/C36H65N3O2Si/c1-24(14-17-29(40)33(7,8)38-39-37)25-18-22-36(11)27-15-16-28-32(5,6)30(41-42(12,13)31(2,3)4)20-21-34(28,9)26(27)19-23-35(25,36)10/h24-25,28-30,40H,14-23H2,1-13H3/t24-,25-,28+,29?,30+,34-,35-,36+/m1/s1. The Morgan fingerprint density at radius 3 is 2.19 bits per heavy atom. The second-order valence-corrected chi connectivity index (χ2v) is 23.3. The predicted octanol–water partition coefficient (Wildman–Crippen LogP) is 11.0. The first kappa shape index (κ1) is 34.1. The van der Waals surface area contributed by atoms with Crippen LogP contribution in [0, 0.1) is 39.4 Å². The van der Waals surface area contributed by atoms with E-state index >= 15 is 0 Å². The van der Waals surface area contributed by atoms with E-state index in [-0.39, 0.29) is 21.3 Å². The topological polar surface area (TPSA) is 78.2 Å². The summed E-state index contributed by atoms with van der Waals surface area (Å²) in [6.07, 6.45) is 11.6. The van der Waals surface area contributed by atoms with E-state index in [2.05, 4.69) is 85.4 Å². The van der Waals surface area contributed by atoms with E-state index in [4.69, 9.17) is 9.96 Å². The minimum atomic E-state index is -1.83. The van der Waals surface area contributed by atoms with Crippen LogP contribution in [0.2, 0.25) is 18.1 Å². The fourth-order valence-electron chi connectivity index (χ4n) is 10.5. The van der Waals surface area contributed by atoms with Gasteiger partial charge >= 0.3 is 0 Å². The maximum Gasteiger partial charge on any atom is 0.192 e. The minimum absolute atomic E-state index is 0.180. The first-order valence-corrected chi connectivity index (χ1v) is 20.1. The van der Waals surface area contributed by atoms with Crippen molar-refractivity contribution in [3.8, 4) is 0 Å². The van der Waals surface area contributed by atoms with Gasteiger partial charge in [0.25, 0.3) is 0 Å². The van der Waals surface area contributed by atoms with Crippen LogP contribution in [0.25, 0.3) is 10.4 Å². The summed E-state index contributed by atoms with van der Waals surface area (Å²) in [6, 6.07) is 0. The van der Waals surface area contributed by atoms with E-state index in [0.29, 0.717) is 35.7 Å². The van der Waals surface area contributed by atoms with Gasteiger partial charge in [0, 0.05) is 4.91 Å². The van der Waals surface area contributed by atoms with Gasteiger partial charge in [0.1, 0.15) is 0 Å². The summed E-state index contributed by atoms with van der Waals surface area (Å²) in [5.74, 6) is 1.89. The van der Waals surface area contributed by atoms with Gasteiger partial charge in [0.15, 0.2) is 8.32 Å². The van der Waals surface area contributed by atoms with Crippen LogP contribution in [0.3, 0.4) is 0 Å². The molecule has 4 aliphatic carbocycles. The van der Waals surface area contributed by atoms with Crippen molar-refractivity contribution in [1.29, 1.82) is 0 Å². The third-order valence-electron chi connectivity index (χ3n) is 14.7. The van der Waals surface area contributed by atoms with Gasteiger partial charge in [-0.1, -0.05) is 92.4 Å². The van der Waals surface area contributed by atoms with Gasteiger partial charge in [-0.05, 0) is 127 Å². The maximum atomic E-state index is 10.8. The second-order valence-electron chi connectivity index (χ2n) is 18.5. The van der Waals surface area contributed by atoms with Gasteiger partial charge in [-0.15, -0.1) is 0 Å². The van der Waals surface area contributed by atoms with Crippen LogP contribution in [0.15, 0.2) is 16.3 Å². The number of hydrogen-bond acceptors (Lipinski definition) is 3. The zero-order valence-corrected chi connectivity index (χ0v) is 30.7. The molecule has 0 aromatic rings. The molecule has 0 bridgehead atoms. The molecule has 0 amide bonds. The first-order chi connectivity index (χ1) is 19.1. The molecule has 0 heterocycles. The number of aliphatic hydroxyl groups is 1. The Labute approximate surface area is 259 Å². The molecule has 2 fully saturated rings. The minimum Gasteiger partial charge on any atom is -0.413 e. The highest BCUT2D eigenvalue weighted by Crippen LogP contribution is 2.72. The van der Waals surface area contributed by atoms with Crippen molar-refractivity contribution in [1.82, 2.24) is 0 Å². The van der Waals surface area contributed by atoms with E-state index in [1.54, 1.807) is 0 Å². The molecule has 0 saturated heterocycles. The molecule has 0 aromatic heterocycles. The molecule has 0 aromatic carbocycles. The fourth-order valence-corrected chi connectivity index (χ4v) is 12.0. The summed E-state index contributed by atoms with van der Waals surface area (Å²) >= 11 is 0. The molecule has 5 nitrogen and oxygen atoms in total. The van der Waals surface area contributed by atoms with Crippen molar-refractivity contribution in [2.75, 3.05) is 0 Å². The van der Waals surface area contributed by atoms with E-state index in [1.165, 1.54) is 51.4 Å². The summed E-state index contributed by atoms with van der Waals surface area (Å²) in [6.45, 7) is 31.1. The lowest BCUT2D eigenvalue weighted by Crippen LogP contribution is -2.58. The molecule has 4 aliphatic rings. The Bertz CT molecular complexity index is 1120. The zero-order chi connectivity index (χ0) is 31.7. The molecule has 4 rings (SSSR count). The largest absolute Gasteiger partial charge is 0.413 e. The van der Waals surface area contributed by atoms with Crippen molar-refractivity contribution in [3.63, 3.8) is 0 Å². The van der Waals surface area contributed by atoms with Crippen LogP contribution in [0.4, 0.5) is 0 Å². The third-order valence-corrected chi connectivity index (χ3v) is 19.2. The summed E-state index contributed by atoms with van der Waals surface area (Å²) in [5.41, 5.74) is 12.9. The highest BCUT2D eigenvalue weighted by atomic mass is 28.4. The molecule has 0 spiro atoms. The second kappa shape index (κ2) is 10.9. The molecule has 1 N–H and O–H groups in total. The van der Waals surface area contributed by atoms with Crippen LogP contribution >= 0.6 is 0 Å². The predicted molar refractivity (Wildman–Crippen MR) is 179 cm³/mol. The molecule has 240 valence electrons. The number of azide groups is 1. The number of rotatable bonds is 8. The summed E-state index contributed by atoms with van der Waals surface area (Å²) < 4.78 is 7.19. The Balaban J connectivity index is 1.56. The van der Waals surface area contributed by atoms with Crippen molar-refractivity contribution < 1.29 is 9.53 Å². The molecule has 42 heavy (non-hydrogen) atoms. The molecule has 1 unspecified atom stereocenters. The van der Waals surface area contributed by atoms with Crippen molar-refractivity contribution >= 4 is 8.32 Å². The SMILES string of the molecule is C[C@H](CCC(O)C(C)(C)N=[N+]=[N-])[C@H]1CC[C@@]2(C)C3=C(CC[C@]12C)[C@@]1(C)CC[C@H](O[Si](C)(C)C(C)(C)C)C(C)(C)[C@@H]1CC3. The van der Waals surface area contributed by atoms with Crippen LogP contribution in [0.1, 0.15) is 140 Å². The third kappa shape index (κ3) is 5.26. The Kier molecular flexibility index (Phi) is 8.85. The van der Waals surface area contributed by atoms with Gasteiger partial charge < -0.3 is 9.53 Å². The van der Waals surface area contributed by atoms with Crippen LogP contribution < -0.4 is 0 Å². The quantitative estimate of drug-likeness (QED) is 0.0990. The number of fused-ring (bicyclic) bond motifs is 4. The number of hydrogen-bond donors (Lipinski definition) is 1. The molecular formula is C36H65N3O2Si. The number of aliphatic hydroxyl groups excluding tert-OH is 1. The maximum absolute atomic E-state index is 10.8.